The fourth-order valence-electron chi connectivity index (χ4n) is 2.62. The van der Waals surface area contributed by atoms with Crippen molar-refractivity contribution in [3.63, 3.8) is 0 Å². The van der Waals surface area contributed by atoms with E-state index in [4.69, 9.17) is 23.2 Å². The first-order valence-electron chi connectivity index (χ1n) is 7.51. The zero-order valence-electron chi connectivity index (χ0n) is 12.9. The third-order valence-electron chi connectivity index (χ3n) is 3.86. The summed E-state index contributed by atoms with van der Waals surface area (Å²) >= 11 is 12.0. The molecule has 1 saturated carbocycles. The number of carbonyl (C=O) groups excluding carboxylic acids is 1. The van der Waals surface area contributed by atoms with Crippen LogP contribution in [-0.4, -0.2) is 31.1 Å². The number of imidazole rings is 1. The van der Waals surface area contributed by atoms with Crippen LogP contribution in [0.15, 0.2) is 6.07 Å². The number of nitrogens with zero attached hydrogens (tertiary/aromatic N) is 3. The van der Waals surface area contributed by atoms with Gasteiger partial charge in [0.25, 0.3) is 0 Å². The molecule has 2 aromatic heterocycles. The highest BCUT2D eigenvalue weighted by Crippen LogP contribution is 2.38. The molecule has 6 nitrogen and oxygen atoms in total. The Morgan fingerprint density at radius 3 is 2.70 bits per heavy atom. The molecule has 8 heteroatoms. The van der Waals surface area contributed by atoms with Crippen LogP contribution in [0.5, 0.6) is 0 Å². The topological polar surface area (TPSA) is 80.0 Å². The number of pyridine rings is 1. The summed E-state index contributed by atoms with van der Waals surface area (Å²) in [6.07, 6.45) is 3.11. The molecule has 0 saturated heterocycles. The number of rotatable bonds is 4. The maximum atomic E-state index is 12.1. The minimum Gasteiger partial charge on any atom is -0.390 e. The van der Waals surface area contributed by atoms with Crippen molar-refractivity contribution in [3.05, 3.63) is 16.2 Å². The molecule has 0 aromatic carbocycles. The second-order valence-corrected chi connectivity index (χ2v) is 7.30. The summed E-state index contributed by atoms with van der Waals surface area (Å²) in [5, 5.41) is 13.1. The lowest BCUT2D eigenvalue weighted by Gasteiger charge is -2.28. The van der Waals surface area contributed by atoms with Crippen molar-refractivity contribution in [1.29, 1.82) is 0 Å². The standard InChI is InChI=1S/C15H18Cl2N4O2/c1-15(2,23)7-11(22)19-14-18-10-6-9(16)12(17)20-13(10)21(14)8-4-3-5-8/h6,8,23H,3-5,7H2,1-2H3,(H,18,19,22). The number of hydrogen-bond donors (Lipinski definition) is 2. The summed E-state index contributed by atoms with van der Waals surface area (Å²) in [6, 6.07) is 1.88. The van der Waals surface area contributed by atoms with Crippen molar-refractivity contribution >= 4 is 46.2 Å². The molecule has 2 N–H and O–H groups in total. The number of halogens is 2. The highest BCUT2D eigenvalue weighted by molar-refractivity contribution is 6.41. The molecule has 0 bridgehead atoms. The molecule has 2 heterocycles. The second kappa shape index (κ2) is 5.92. The van der Waals surface area contributed by atoms with Crippen LogP contribution in [0.2, 0.25) is 10.2 Å². The van der Waals surface area contributed by atoms with Crippen molar-refractivity contribution in [2.24, 2.45) is 0 Å². The van der Waals surface area contributed by atoms with Crippen LogP contribution in [0.1, 0.15) is 45.6 Å². The van der Waals surface area contributed by atoms with Crippen LogP contribution in [0.3, 0.4) is 0 Å². The number of carbonyl (C=O) groups is 1. The minimum atomic E-state index is -1.08. The fraction of sp³-hybridized carbons (Fsp3) is 0.533. The SMILES string of the molecule is CC(C)(O)CC(=O)Nc1nc2cc(Cl)c(Cl)nc2n1C1CCC1. The van der Waals surface area contributed by atoms with Gasteiger partial charge < -0.3 is 5.11 Å². The van der Waals surface area contributed by atoms with Crippen molar-refractivity contribution in [1.82, 2.24) is 14.5 Å². The van der Waals surface area contributed by atoms with Gasteiger partial charge in [-0.1, -0.05) is 23.2 Å². The molecule has 0 radical (unpaired) electrons. The predicted octanol–water partition coefficient (Wildman–Crippen LogP) is 3.56. The second-order valence-electron chi connectivity index (χ2n) is 6.53. The van der Waals surface area contributed by atoms with Crippen LogP contribution in [0.4, 0.5) is 5.95 Å². The summed E-state index contributed by atoms with van der Waals surface area (Å²) in [5.41, 5.74) is 0.120. The Bertz CT molecular complexity index is 763. The molecule has 1 aliphatic rings. The smallest absolute Gasteiger partial charge is 0.229 e. The normalized spacial score (nSPS) is 15.7. The average Bonchev–Trinajstić information content (AvgIpc) is 2.64. The highest BCUT2D eigenvalue weighted by Gasteiger charge is 2.27. The van der Waals surface area contributed by atoms with E-state index in [9.17, 15) is 9.90 Å². The van der Waals surface area contributed by atoms with Gasteiger partial charge in [0.15, 0.2) is 5.65 Å². The summed E-state index contributed by atoms with van der Waals surface area (Å²) in [5.74, 6) is 0.121. The van der Waals surface area contributed by atoms with Crippen molar-refractivity contribution in [3.8, 4) is 0 Å². The fourth-order valence-corrected chi connectivity index (χ4v) is 2.90. The van der Waals surface area contributed by atoms with E-state index in [1.54, 1.807) is 19.9 Å². The van der Waals surface area contributed by atoms with E-state index in [0.717, 1.165) is 19.3 Å². The van der Waals surface area contributed by atoms with Crippen LogP contribution in [0, 0.1) is 0 Å². The van der Waals surface area contributed by atoms with Crippen LogP contribution < -0.4 is 5.32 Å². The zero-order valence-corrected chi connectivity index (χ0v) is 14.4. The number of hydrogen-bond acceptors (Lipinski definition) is 4. The molecule has 1 amide bonds. The Kier molecular flexibility index (Phi) is 4.25. The van der Waals surface area contributed by atoms with E-state index >= 15 is 0 Å². The molecule has 0 aliphatic heterocycles. The van der Waals surface area contributed by atoms with Crippen molar-refractivity contribution in [2.45, 2.75) is 51.2 Å². The molecule has 3 rings (SSSR count). The van der Waals surface area contributed by atoms with Gasteiger partial charge in [-0.05, 0) is 39.2 Å². The Morgan fingerprint density at radius 2 is 2.13 bits per heavy atom. The Morgan fingerprint density at radius 1 is 1.43 bits per heavy atom. The first-order chi connectivity index (χ1) is 10.7. The van der Waals surface area contributed by atoms with E-state index in [0.29, 0.717) is 22.1 Å². The summed E-state index contributed by atoms with van der Waals surface area (Å²) < 4.78 is 1.91. The molecule has 124 valence electrons. The molecule has 0 unspecified atom stereocenters. The lowest BCUT2D eigenvalue weighted by Crippen LogP contribution is -2.29. The Hall–Kier alpha value is -1.37. The number of anilines is 1. The summed E-state index contributed by atoms with van der Waals surface area (Å²) in [7, 11) is 0. The monoisotopic (exact) mass is 356 g/mol. The molecule has 1 fully saturated rings. The molecule has 2 aromatic rings. The molecule has 0 spiro atoms. The largest absolute Gasteiger partial charge is 0.390 e. The van der Waals surface area contributed by atoms with Crippen LogP contribution in [0.25, 0.3) is 11.2 Å². The summed E-state index contributed by atoms with van der Waals surface area (Å²) in [6.45, 7) is 3.17. The Balaban J connectivity index is 2.00. The third kappa shape index (κ3) is 3.44. The minimum absolute atomic E-state index is 0.0180. The van der Waals surface area contributed by atoms with Gasteiger partial charge in [0.05, 0.1) is 17.0 Å². The number of nitrogens with one attached hydrogen (secondary N) is 1. The van der Waals surface area contributed by atoms with E-state index in [2.05, 4.69) is 15.3 Å². The first kappa shape index (κ1) is 16.5. The van der Waals surface area contributed by atoms with Crippen LogP contribution in [-0.2, 0) is 4.79 Å². The molecular weight excluding hydrogens is 339 g/mol. The number of fused-ring (bicyclic) bond motifs is 1. The number of aromatic nitrogens is 3. The van der Waals surface area contributed by atoms with Gasteiger partial charge in [0.2, 0.25) is 11.9 Å². The maximum Gasteiger partial charge on any atom is 0.229 e. The zero-order chi connectivity index (χ0) is 16.8. The van der Waals surface area contributed by atoms with Gasteiger partial charge in [-0.25, -0.2) is 9.97 Å². The van der Waals surface area contributed by atoms with Gasteiger partial charge >= 0.3 is 0 Å². The maximum absolute atomic E-state index is 12.1. The third-order valence-corrected chi connectivity index (χ3v) is 4.53. The average molecular weight is 357 g/mol. The van der Waals surface area contributed by atoms with Crippen LogP contribution >= 0.6 is 23.2 Å². The van der Waals surface area contributed by atoms with Gasteiger partial charge in [-0.2, -0.15) is 0 Å². The molecule has 1 aliphatic carbocycles. The first-order valence-corrected chi connectivity index (χ1v) is 8.26. The lowest BCUT2D eigenvalue weighted by atomic mass is 9.93. The van der Waals surface area contributed by atoms with Gasteiger partial charge in [-0.3, -0.25) is 14.7 Å². The highest BCUT2D eigenvalue weighted by atomic mass is 35.5. The quantitative estimate of drug-likeness (QED) is 0.820. The van der Waals surface area contributed by atoms with E-state index < -0.39 is 5.60 Å². The molecule has 23 heavy (non-hydrogen) atoms. The Labute approximate surface area is 143 Å². The van der Waals surface area contributed by atoms with Gasteiger partial charge in [-0.15, -0.1) is 0 Å². The number of amides is 1. The molecular formula is C15H18Cl2N4O2. The van der Waals surface area contributed by atoms with E-state index in [1.165, 1.54) is 0 Å². The van der Waals surface area contributed by atoms with Gasteiger partial charge in [0.1, 0.15) is 10.7 Å². The molecule has 0 atom stereocenters. The van der Waals surface area contributed by atoms with Crippen molar-refractivity contribution in [2.75, 3.05) is 5.32 Å². The van der Waals surface area contributed by atoms with Gasteiger partial charge in [0, 0.05) is 6.04 Å². The number of aliphatic hydroxyl groups is 1. The summed E-state index contributed by atoms with van der Waals surface area (Å²) in [4.78, 5) is 20.9. The van der Waals surface area contributed by atoms with Crippen molar-refractivity contribution < 1.29 is 9.90 Å². The van der Waals surface area contributed by atoms with E-state index in [1.807, 2.05) is 4.57 Å². The lowest BCUT2D eigenvalue weighted by molar-refractivity contribution is -0.119. The van der Waals surface area contributed by atoms with E-state index in [-0.39, 0.29) is 23.5 Å². The predicted molar refractivity (Wildman–Crippen MR) is 90.0 cm³/mol.